The fourth-order valence-corrected chi connectivity index (χ4v) is 2.78. The first-order valence-corrected chi connectivity index (χ1v) is 8.88. The molecule has 0 saturated heterocycles. The summed E-state index contributed by atoms with van der Waals surface area (Å²) in [6, 6.07) is 11.7. The van der Waals surface area contributed by atoms with Crippen LogP contribution < -0.4 is 10.1 Å². The van der Waals surface area contributed by atoms with Gasteiger partial charge < -0.3 is 10.1 Å². The zero-order valence-corrected chi connectivity index (χ0v) is 15.0. The minimum atomic E-state index is -0.447. The van der Waals surface area contributed by atoms with Crippen LogP contribution in [0.4, 0.5) is 11.4 Å². The number of aryl methyl sites for hydroxylation is 1. The van der Waals surface area contributed by atoms with Gasteiger partial charge in [-0.25, -0.2) is 0 Å². The third-order valence-corrected chi connectivity index (χ3v) is 4.37. The molecule has 0 aliphatic carbocycles. The smallest absolute Gasteiger partial charge is 0.269 e. The molecule has 132 valence electrons. The molecule has 0 saturated carbocycles. The van der Waals surface area contributed by atoms with Gasteiger partial charge in [-0.1, -0.05) is 6.92 Å². The summed E-state index contributed by atoms with van der Waals surface area (Å²) in [5, 5.41) is 13.5. The number of nitrogens with one attached hydrogen (secondary N) is 1. The molecule has 0 aromatic heterocycles. The van der Waals surface area contributed by atoms with Gasteiger partial charge in [-0.2, -0.15) is 0 Å². The average Bonchev–Trinajstić information content (AvgIpc) is 2.60. The van der Waals surface area contributed by atoms with Crippen molar-refractivity contribution in [2.45, 2.75) is 25.2 Å². The average molecular weight is 360 g/mol. The molecule has 7 heteroatoms. The van der Waals surface area contributed by atoms with Crippen LogP contribution in [-0.2, 0) is 4.79 Å². The lowest BCUT2D eigenvalue weighted by molar-refractivity contribution is -0.384. The molecule has 1 N–H and O–H groups in total. The van der Waals surface area contributed by atoms with E-state index in [-0.39, 0.29) is 17.3 Å². The predicted octanol–water partition coefficient (Wildman–Crippen LogP) is 4.42. The Labute approximate surface area is 150 Å². The van der Waals surface area contributed by atoms with Crippen molar-refractivity contribution in [2.75, 3.05) is 17.7 Å². The third kappa shape index (κ3) is 5.79. The van der Waals surface area contributed by atoms with E-state index in [1.165, 1.54) is 23.9 Å². The Morgan fingerprint density at radius 1 is 1.24 bits per heavy atom. The maximum atomic E-state index is 12.1. The number of nitro groups is 1. The fourth-order valence-electron chi connectivity index (χ4n) is 2.09. The lowest BCUT2D eigenvalue weighted by Crippen LogP contribution is -2.14. The summed E-state index contributed by atoms with van der Waals surface area (Å²) in [7, 11) is 0. The number of rotatable bonds is 8. The molecule has 0 radical (unpaired) electrons. The Hall–Kier alpha value is -2.54. The quantitative estimate of drug-likeness (QED) is 0.428. The van der Waals surface area contributed by atoms with Crippen molar-refractivity contribution < 1.29 is 14.5 Å². The van der Waals surface area contributed by atoms with Crippen LogP contribution in [0.25, 0.3) is 0 Å². The highest BCUT2D eigenvalue weighted by atomic mass is 32.2. The minimum absolute atomic E-state index is 0.0369. The van der Waals surface area contributed by atoms with Crippen molar-refractivity contribution in [3.63, 3.8) is 0 Å². The predicted molar refractivity (Wildman–Crippen MR) is 99.4 cm³/mol. The van der Waals surface area contributed by atoms with Crippen LogP contribution in [0.3, 0.4) is 0 Å². The van der Waals surface area contributed by atoms with Crippen LogP contribution >= 0.6 is 11.8 Å². The Kier molecular flexibility index (Phi) is 6.82. The molecule has 0 aliphatic rings. The van der Waals surface area contributed by atoms with E-state index in [9.17, 15) is 14.9 Å². The molecular formula is C18H20N2O4S. The molecule has 0 bridgehead atoms. The maximum absolute atomic E-state index is 12.1. The molecule has 2 aromatic rings. The summed E-state index contributed by atoms with van der Waals surface area (Å²) in [5.41, 5.74) is 1.72. The van der Waals surface area contributed by atoms with Crippen LogP contribution in [0.15, 0.2) is 47.4 Å². The topological polar surface area (TPSA) is 81.5 Å². The number of anilines is 1. The summed E-state index contributed by atoms with van der Waals surface area (Å²) in [5.74, 6) is 0.886. The van der Waals surface area contributed by atoms with E-state index in [0.717, 1.165) is 28.3 Å². The monoisotopic (exact) mass is 360 g/mol. The fraction of sp³-hybridized carbons (Fsp3) is 0.278. The van der Waals surface area contributed by atoms with Crippen LogP contribution in [0.5, 0.6) is 5.75 Å². The molecule has 2 rings (SSSR count). The van der Waals surface area contributed by atoms with Crippen molar-refractivity contribution in [2.24, 2.45) is 0 Å². The van der Waals surface area contributed by atoms with E-state index in [1.807, 2.05) is 32.0 Å². The maximum Gasteiger partial charge on any atom is 0.269 e. The Morgan fingerprint density at radius 2 is 1.96 bits per heavy atom. The van der Waals surface area contributed by atoms with Crippen molar-refractivity contribution in [1.29, 1.82) is 0 Å². The van der Waals surface area contributed by atoms with E-state index >= 15 is 0 Å². The second kappa shape index (κ2) is 9.08. The van der Waals surface area contributed by atoms with Gasteiger partial charge in [0.05, 0.1) is 17.3 Å². The molecule has 2 aromatic carbocycles. The normalized spacial score (nSPS) is 10.3. The number of ether oxygens (including phenoxy) is 1. The van der Waals surface area contributed by atoms with Gasteiger partial charge in [-0.15, -0.1) is 11.8 Å². The van der Waals surface area contributed by atoms with E-state index in [0.29, 0.717) is 6.61 Å². The summed E-state index contributed by atoms with van der Waals surface area (Å²) < 4.78 is 5.56. The van der Waals surface area contributed by atoms with Gasteiger partial charge in [0.15, 0.2) is 0 Å². The van der Waals surface area contributed by atoms with Gasteiger partial charge in [0.2, 0.25) is 5.91 Å². The molecule has 6 nitrogen and oxygen atoms in total. The Morgan fingerprint density at radius 3 is 2.56 bits per heavy atom. The summed E-state index contributed by atoms with van der Waals surface area (Å²) in [6.45, 7) is 4.62. The molecule has 1 amide bonds. The number of thioether (sulfide) groups is 1. The van der Waals surface area contributed by atoms with Crippen LogP contribution in [0, 0.1) is 17.0 Å². The number of nitrogens with zero attached hydrogens (tertiary/aromatic N) is 1. The number of amides is 1. The zero-order chi connectivity index (χ0) is 18.2. The second-order valence-electron chi connectivity index (χ2n) is 5.41. The van der Waals surface area contributed by atoms with E-state index in [1.54, 1.807) is 12.1 Å². The highest BCUT2D eigenvalue weighted by molar-refractivity contribution is 8.00. The lowest BCUT2D eigenvalue weighted by Gasteiger charge is -2.11. The van der Waals surface area contributed by atoms with Crippen LogP contribution in [-0.4, -0.2) is 23.2 Å². The summed E-state index contributed by atoms with van der Waals surface area (Å²) >= 11 is 1.33. The molecule has 0 heterocycles. The zero-order valence-electron chi connectivity index (χ0n) is 14.2. The third-order valence-electron chi connectivity index (χ3n) is 3.36. The van der Waals surface area contributed by atoms with Crippen molar-refractivity contribution in [3.8, 4) is 5.75 Å². The van der Waals surface area contributed by atoms with Gasteiger partial charge in [0.25, 0.3) is 5.69 Å². The number of benzene rings is 2. The molecule has 0 aliphatic heterocycles. The van der Waals surface area contributed by atoms with Gasteiger partial charge in [0.1, 0.15) is 5.75 Å². The Bertz CT molecular complexity index is 747. The molecular weight excluding hydrogens is 340 g/mol. The van der Waals surface area contributed by atoms with E-state index in [2.05, 4.69) is 5.32 Å². The van der Waals surface area contributed by atoms with Gasteiger partial charge in [0, 0.05) is 22.7 Å². The molecule has 0 atom stereocenters. The molecule has 0 unspecified atom stereocenters. The second-order valence-corrected chi connectivity index (χ2v) is 6.46. The number of non-ortho nitro benzene ring substituents is 1. The first-order chi connectivity index (χ1) is 12.0. The molecule has 0 spiro atoms. The van der Waals surface area contributed by atoms with E-state index in [4.69, 9.17) is 4.74 Å². The highest BCUT2D eigenvalue weighted by Crippen LogP contribution is 2.24. The number of nitro benzene ring substituents is 1. The largest absolute Gasteiger partial charge is 0.494 e. The number of carbonyl (C=O) groups excluding carboxylic acids is 1. The lowest BCUT2D eigenvalue weighted by atomic mass is 10.2. The number of hydrogen-bond donors (Lipinski definition) is 1. The van der Waals surface area contributed by atoms with E-state index < -0.39 is 4.92 Å². The Balaban J connectivity index is 1.88. The van der Waals surface area contributed by atoms with Gasteiger partial charge in [-0.05, 0) is 49.2 Å². The minimum Gasteiger partial charge on any atom is -0.494 e. The first-order valence-electron chi connectivity index (χ1n) is 7.90. The first kappa shape index (κ1) is 18.8. The summed E-state index contributed by atoms with van der Waals surface area (Å²) in [4.78, 5) is 23.1. The standard InChI is InChI=1S/C18H20N2O4S/c1-3-10-24-15-6-9-17(13(2)11-15)19-18(21)12-25-16-7-4-14(5-8-16)20(22)23/h4-9,11H,3,10,12H2,1-2H3,(H,19,21). The highest BCUT2D eigenvalue weighted by Gasteiger charge is 2.08. The van der Waals surface area contributed by atoms with Crippen molar-refractivity contribution in [1.82, 2.24) is 0 Å². The van der Waals surface area contributed by atoms with Crippen molar-refractivity contribution in [3.05, 3.63) is 58.1 Å². The van der Waals surface area contributed by atoms with Gasteiger partial charge in [-0.3, -0.25) is 14.9 Å². The van der Waals surface area contributed by atoms with Crippen molar-refractivity contribution >= 4 is 29.0 Å². The molecule has 0 fully saturated rings. The van der Waals surface area contributed by atoms with Crippen LogP contribution in [0.2, 0.25) is 0 Å². The SMILES string of the molecule is CCCOc1ccc(NC(=O)CSc2ccc([N+](=O)[O-])cc2)c(C)c1. The summed E-state index contributed by atoms with van der Waals surface area (Å²) in [6.07, 6.45) is 0.942. The molecule has 25 heavy (non-hydrogen) atoms. The van der Waals surface area contributed by atoms with Crippen LogP contribution in [0.1, 0.15) is 18.9 Å². The number of carbonyl (C=O) groups is 1. The number of hydrogen-bond acceptors (Lipinski definition) is 5. The van der Waals surface area contributed by atoms with Gasteiger partial charge >= 0.3 is 0 Å².